The Labute approximate surface area is 128 Å². The summed E-state index contributed by atoms with van der Waals surface area (Å²) >= 11 is 0. The number of β-amino-alcohol motifs (C(OH)–C–C–N with tert-alkyl or cyclic N) is 1. The smallest absolute Gasteiger partial charge is 0.0818 e. The Bertz CT molecular complexity index is 352. The van der Waals surface area contributed by atoms with Gasteiger partial charge in [0, 0.05) is 44.6 Å². The van der Waals surface area contributed by atoms with E-state index >= 15 is 0 Å². The van der Waals surface area contributed by atoms with Crippen LogP contribution in [0.25, 0.3) is 0 Å². The zero-order chi connectivity index (χ0) is 14.9. The largest absolute Gasteiger partial charge is 0.390 e. The predicted octanol–water partition coefficient (Wildman–Crippen LogP) is 1.93. The highest BCUT2D eigenvalue weighted by molar-refractivity contribution is 4.98. The van der Waals surface area contributed by atoms with E-state index in [4.69, 9.17) is 4.74 Å². The van der Waals surface area contributed by atoms with E-state index in [0.29, 0.717) is 25.2 Å². The van der Waals surface area contributed by atoms with Gasteiger partial charge in [-0.25, -0.2) is 0 Å². The molecule has 122 valence electrons. The average molecular weight is 297 g/mol. The minimum Gasteiger partial charge on any atom is -0.390 e. The molecular formula is C17H31NO3. The van der Waals surface area contributed by atoms with Gasteiger partial charge in [-0.2, -0.15) is 0 Å². The van der Waals surface area contributed by atoms with Crippen molar-refractivity contribution in [3.05, 3.63) is 0 Å². The predicted molar refractivity (Wildman–Crippen MR) is 82.2 cm³/mol. The molecule has 3 rings (SSSR count). The van der Waals surface area contributed by atoms with E-state index in [0.717, 1.165) is 45.2 Å². The molecule has 0 spiro atoms. The molecule has 3 aliphatic rings. The number of ether oxygens (including phenoxy) is 1. The topological polar surface area (TPSA) is 52.9 Å². The number of hydrogen-bond acceptors (Lipinski definition) is 4. The highest BCUT2D eigenvalue weighted by Gasteiger charge is 2.45. The summed E-state index contributed by atoms with van der Waals surface area (Å²) < 4.78 is 5.39. The van der Waals surface area contributed by atoms with Gasteiger partial charge in [0.1, 0.15) is 0 Å². The Kier molecular flexibility index (Phi) is 4.60. The maximum atomic E-state index is 10.8. The van der Waals surface area contributed by atoms with Crippen LogP contribution in [0.3, 0.4) is 0 Å². The van der Waals surface area contributed by atoms with Crippen molar-refractivity contribution in [3.63, 3.8) is 0 Å². The quantitative estimate of drug-likeness (QED) is 0.836. The molecular weight excluding hydrogens is 266 g/mol. The monoisotopic (exact) mass is 297 g/mol. The van der Waals surface area contributed by atoms with Crippen molar-refractivity contribution in [2.75, 3.05) is 26.3 Å². The van der Waals surface area contributed by atoms with Crippen LogP contribution in [-0.4, -0.2) is 58.7 Å². The van der Waals surface area contributed by atoms with Gasteiger partial charge in [-0.15, -0.1) is 0 Å². The first-order valence-corrected chi connectivity index (χ1v) is 8.77. The second-order valence-electron chi connectivity index (χ2n) is 7.73. The molecule has 2 N–H and O–H groups in total. The maximum Gasteiger partial charge on any atom is 0.0818 e. The molecule has 2 saturated heterocycles. The summed E-state index contributed by atoms with van der Waals surface area (Å²) in [5.41, 5.74) is -1.11. The summed E-state index contributed by atoms with van der Waals surface area (Å²) in [6, 6.07) is 0.451. The van der Waals surface area contributed by atoms with Crippen molar-refractivity contribution >= 4 is 0 Å². The lowest BCUT2D eigenvalue weighted by Gasteiger charge is -2.45. The first kappa shape index (κ1) is 15.7. The van der Waals surface area contributed by atoms with E-state index in [1.165, 1.54) is 19.3 Å². The van der Waals surface area contributed by atoms with Crippen molar-refractivity contribution < 1.29 is 14.9 Å². The lowest BCUT2D eigenvalue weighted by molar-refractivity contribution is -0.101. The van der Waals surface area contributed by atoms with Crippen LogP contribution in [0.5, 0.6) is 0 Å². The normalized spacial score (nSPS) is 41.3. The number of nitrogens with zero attached hydrogens (tertiary/aromatic N) is 1. The molecule has 3 fully saturated rings. The second kappa shape index (κ2) is 6.15. The van der Waals surface area contributed by atoms with E-state index in [2.05, 4.69) is 4.90 Å². The van der Waals surface area contributed by atoms with Crippen LogP contribution in [0, 0.1) is 5.92 Å². The van der Waals surface area contributed by atoms with Gasteiger partial charge in [0.25, 0.3) is 0 Å². The fourth-order valence-electron chi connectivity index (χ4n) is 4.74. The maximum absolute atomic E-state index is 10.8. The highest BCUT2D eigenvalue weighted by Crippen LogP contribution is 2.41. The van der Waals surface area contributed by atoms with Gasteiger partial charge in [0.15, 0.2) is 0 Å². The molecule has 0 aromatic carbocycles. The van der Waals surface area contributed by atoms with E-state index in [-0.39, 0.29) is 0 Å². The number of likely N-dealkylation sites (tertiary alicyclic amines) is 1. The van der Waals surface area contributed by atoms with E-state index in [1.807, 2.05) is 6.92 Å². The zero-order valence-corrected chi connectivity index (χ0v) is 13.4. The molecule has 4 nitrogen and oxygen atoms in total. The van der Waals surface area contributed by atoms with E-state index < -0.39 is 11.2 Å². The fourth-order valence-corrected chi connectivity index (χ4v) is 4.74. The Morgan fingerprint density at radius 2 is 1.81 bits per heavy atom. The average Bonchev–Trinajstić information content (AvgIpc) is 2.86. The third kappa shape index (κ3) is 3.44. The Morgan fingerprint density at radius 3 is 2.52 bits per heavy atom. The van der Waals surface area contributed by atoms with Crippen LogP contribution in [0.4, 0.5) is 0 Å². The molecule has 2 heterocycles. The van der Waals surface area contributed by atoms with Gasteiger partial charge in [-0.1, -0.05) is 12.8 Å². The molecule has 0 amide bonds. The summed E-state index contributed by atoms with van der Waals surface area (Å²) in [6.45, 7) is 5.21. The molecule has 3 unspecified atom stereocenters. The molecule has 2 aliphatic heterocycles. The first-order valence-electron chi connectivity index (χ1n) is 8.77. The third-order valence-corrected chi connectivity index (χ3v) is 6.05. The van der Waals surface area contributed by atoms with E-state index in [1.54, 1.807) is 0 Å². The standard InChI is InChI=1S/C17H31NO3/c1-16(19)7-3-2-5-14(16)15-6-4-10-18(15)13-17(20)8-11-21-12-9-17/h14-15,19-20H,2-13H2,1H3. The molecule has 1 saturated carbocycles. The fraction of sp³-hybridized carbons (Fsp3) is 1.00. The molecule has 4 heteroatoms. The highest BCUT2D eigenvalue weighted by atomic mass is 16.5. The van der Waals surface area contributed by atoms with E-state index in [9.17, 15) is 10.2 Å². The molecule has 21 heavy (non-hydrogen) atoms. The lowest BCUT2D eigenvalue weighted by atomic mass is 9.72. The van der Waals surface area contributed by atoms with Crippen molar-refractivity contribution in [2.45, 2.75) is 75.5 Å². The Balaban J connectivity index is 1.67. The van der Waals surface area contributed by atoms with Gasteiger partial charge in [0.2, 0.25) is 0 Å². The van der Waals surface area contributed by atoms with Crippen LogP contribution in [0.1, 0.15) is 58.3 Å². The van der Waals surface area contributed by atoms with Crippen LogP contribution in [0.2, 0.25) is 0 Å². The van der Waals surface area contributed by atoms with Crippen molar-refractivity contribution in [1.29, 1.82) is 0 Å². The van der Waals surface area contributed by atoms with Crippen molar-refractivity contribution in [2.24, 2.45) is 5.92 Å². The molecule has 3 atom stereocenters. The van der Waals surface area contributed by atoms with Gasteiger partial charge >= 0.3 is 0 Å². The van der Waals surface area contributed by atoms with Gasteiger partial charge in [0.05, 0.1) is 11.2 Å². The summed E-state index contributed by atoms with van der Waals surface area (Å²) in [7, 11) is 0. The van der Waals surface area contributed by atoms with Gasteiger partial charge in [-0.05, 0) is 39.2 Å². The zero-order valence-electron chi connectivity index (χ0n) is 13.4. The SMILES string of the molecule is CC1(O)CCCCC1C1CCCN1CC1(O)CCOCC1. The van der Waals surface area contributed by atoms with Crippen LogP contribution >= 0.6 is 0 Å². The second-order valence-corrected chi connectivity index (χ2v) is 7.73. The third-order valence-electron chi connectivity index (χ3n) is 6.05. The van der Waals surface area contributed by atoms with Crippen LogP contribution in [0.15, 0.2) is 0 Å². The lowest BCUT2D eigenvalue weighted by Crippen LogP contribution is -2.53. The minimum atomic E-state index is -0.582. The molecule has 1 aliphatic carbocycles. The first-order chi connectivity index (χ1) is 10.0. The minimum absolute atomic E-state index is 0.372. The molecule has 0 aromatic rings. The summed E-state index contributed by atoms with van der Waals surface area (Å²) in [5.74, 6) is 0.372. The van der Waals surface area contributed by atoms with Crippen LogP contribution < -0.4 is 0 Å². The summed E-state index contributed by atoms with van der Waals surface area (Å²) in [5, 5.41) is 21.6. The molecule has 0 bridgehead atoms. The molecule has 0 aromatic heterocycles. The van der Waals surface area contributed by atoms with Gasteiger partial charge in [-0.3, -0.25) is 4.90 Å². The van der Waals surface area contributed by atoms with Crippen molar-refractivity contribution in [3.8, 4) is 0 Å². The number of aliphatic hydroxyl groups is 2. The number of hydrogen-bond donors (Lipinski definition) is 2. The summed E-state index contributed by atoms with van der Waals surface area (Å²) in [6.07, 6.45) is 8.32. The Hall–Kier alpha value is -0.160. The molecule has 0 radical (unpaired) electrons. The van der Waals surface area contributed by atoms with Crippen LogP contribution in [-0.2, 0) is 4.74 Å². The van der Waals surface area contributed by atoms with Crippen molar-refractivity contribution in [1.82, 2.24) is 4.90 Å². The van der Waals surface area contributed by atoms with Gasteiger partial charge < -0.3 is 14.9 Å². The number of rotatable bonds is 3. The summed E-state index contributed by atoms with van der Waals surface area (Å²) in [4.78, 5) is 2.47. The Morgan fingerprint density at radius 1 is 1.05 bits per heavy atom.